The lowest BCUT2D eigenvalue weighted by Crippen LogP contribution is -2.30. The quantitative estimate of drug-likeness (QED) is 0.650. The summed E-state index contributed by atoms with van der Waals surface area (Å²) in [5.74, 6) is -2.35. The highest BCUT2D eigenvalue weighted by molar-refractivity contribution is 6.03. The Morgan fingerprint density at radius 3 is 2.58 bits per heavy atom. The number of aromatic nitrogens is 1. The average Bonchev–Trinajstić information content (AvgIpc) is 2.65. The van der Waals surface area contributed by atoms with Crippen LogP contribution in [0.25, 0.3) is 10.8 Å². The Kier molecular flexibility index (Phi) is 4.02. The molecule has 0 fully saturated rings. The summed E-state index contributed by atoms with van der Waals surface area (Å²) in [6, 6.07) is 13.9. The van der Waals surface area contributed by atoms with Gasteiger partial charge in [-0.15, -0.1) is 0 Å². The van der Waals surface area contributed by atoms with Gasteiger partial charge in [-0.05, 0) is 37.3 Å². The van der Waals surface area contributed by atoms with E-state index < -0.39 is 29.8 Å². The van der Waals surface area contributed by atoms with Crippen molar-refractivity contribution in [2.45, 2.75) is 6.92 Å². The number of carbonyl (C=O) groups excluding carboxylic acids is 1. The third-order valence-electron chi connectivity index (χ3n) is 3.62. The van der Waals surface area contributed by atoms with Gasteiger partial charge in [-0.3, -0.25) is 9.59 Å². The number of para-hydroxylation sites is 1. The molecule has 0 bridgehead atoms. The molecule has 3 rings (SSSR count). The second-order valence-electron chi connectivity index (χ2n) is 5.40. The van der Waals surface area contributed by atoms with E-state index in [1.54, 1.807) is 42.6 Å². The average molecular weight is 354 g/mol. The van der Waals surface area contributed by atoms with E-state index in [2.05, 4.69) is 4.98 Å². The number of hydrogen-bond donors (Lipinski definition) is 3. The van der Waals surface area contributed by atoms with Crippen LogP contribution in [-0.4, -0.2) is 33.6 Å². The molecule has 1 amide bonds. The fourth-order valence-corrected chi connectivity index (χ4v) is 2.45. The lowest BCUT2D eigenvalue weighted by Gasteiger charge is -2.12. The van der Waals surface area contributed by atoms with Gasteiger partial charge in [0.1, 0.15) is 18.0 Å². The number of aryl methyl sites for hydroxylation is 1. The smallest absolute Gasteiger partial charge is 0.322 e. The van der Waals surface area contributed by atoms with Crippen molar-refractivity contribution in [1.82, 2.24) is 10.3 Å². The van der Waals surface area contributed by atoms with Crippen molar-refractivity contribution < 1.29 is 27.3 Å². The number of hydrogen-bond acceptors (Lipinski definition) is 5. The van der Waals surface area contributed by atoms with Crippen molar-refractivity contribution in [2.75, 3.05) is 6.50 Å². The third kappa shape index (κ3) is 3.56. The topological polar surface area (TPSA) is 109 Å². The molecule has 0 radical (unpaired) electrons. The summed E-state index contributed by atoms with van der Waals surface area (Å²) >= 11 is 0. The number of carboxylic acids is 1. The molecule has 3 aromatic rings. The largest absolute Gasteiger partial charge is 0.505 e. The highest BCUT2D eigenvalue weighted by atomic mass is 16.5. The zero-order valence-corrected chi connectivity index (χ0v) is 13.7. The molecular weight excluding hydrogens is 336 g/mol. The highest BCUT2D eigenvalue weighted by Gasteiger charge is 2.18. The second-order valence-corrected chi connectivity index (χ2v) is 5.40. The normalized spacial score (nSPS) is 12.2. The zero-order valence-electron chi connectivity index (χ0n) is 15.7. The molecule has 2 aromatic carbocycles. The Bertz CT molecular complexity index is 1070. The van der Waals surface area contributed by atoms with Crippen LogP contribution in [0.15, 0.2) is 48.5 Å². The Balaban J connectivity index is 1.98. The molecule has 0 aliphatic rings. The van der Waals surface area contributed by atoms with Crippen molar-refractivity contribution in [3.8, 4) is 17.2 Å². The van der Waals surface area contributed by atoms with Gasteiger partial charge in [0.15, 0.2) is 11.4 Å². The molecule has 26 heavy (non-hydrogen) atoms. The van der Waals surface area contributed by atoms with Gasteiger partial charge < -0.3 is 20.3 Å². The summed E-state index contributed by atoms with van der Waals surface area (Å²) in [4.78, 5) is 27.1. The predicted octanol–water partition coefficient (Wildman–Crippen LogP) is 2.86. The first-order valence-corrected chi connectivity index (χ1v) is 7.61. The van der Waals surface area contributed by atoms with Crippen LogP contribution >= 0.6 is 0 Å². The Hall–Kier alpha value is -3.61. The summed E-state index contributed by atoms with van der Waals surface area (Å²) < 4.78 is 20.3. The molecule has 3 N–H and O–H groups in total. The summed E-state index contributed by atoms with van der Waals surface area (Å²) in [6.07, 6.45) is 0. The summed E-state index contributed by atoms with van der Waals surface area (Å²) in [7, 11) is 0. The van der Waals surface area contributed by atoms with Crippen molar-refractivity contribution >= 4 is 22.6 Å². The standard InChI is InChI=1S/C19H16N2O5/c1-11-15-9-13(26-12-5-3-2-4-6-12)7-8-14(15)18(24)17(21-11)19(25)20-10-16(22)23/h2-9,24H,10H2,1H3,(H,20,25)(H,22,23)/i10D2. The van der Waals surface area contributed by atoms with E-state index in [9.17, 15) is 14.7 Å². The first-order valence-electron chi connectivity index (χ1n) is 8.61. The fraction of sp³-hybridized carbons (Fsp3) is 0.105. The second kappa shape index (κ2) is 7.10. The van der Waals surface area contributed by atoms with E-state index in [0.29, 0.717) is 28.0 Å². The number of nitrogens with zero attached hydrogens (tertiary/aromatic N) is 1. The van der Waals surface area contributed by atoms with Gasteiger partial charge in [-0.1, -0.05) is 18.2 Å². The number of ether oxygens (including phenoxy) is 1. The van der Waals surface area contributed by atoms with Gasteiger partial charge in [0.25, 0.3) is 5.91 Å². The molecule has 0 saturated heterocycles. The summed E-state index contributed by atoms with van der Waals surface area (Å²) in [5, 5.41) is 21.8. The van der Waals surface area contributed by atoms with Gasteiger partial charge in [-0.25, -0.2) is 4.98 Å². The van der Waals surface area contributed by atoms with Gasteiger partial charge >= 0.3 is 5.97 Å². The number of amides is 1. The van der Waals surface area contributed by atoms with Crippen LogP contribution in [0.1, 0.15) is 18.9 Å². The number of benzene rings is 2. The number of aromatic hydroxyl groups is 1. The monoisotopic (exact) mass is 354 g/mol. The predicted molar refractivity (Wildman–Crippen MR) is 94.6 cm³/mol. The summed E-state index contributed by atoms with van der Waals surface area (Å²) in [5.41, 5.74) is -0.0841. The van der Waals surface area contributed by atoms with E-state index in [0.717, 1.165) is 0 Å². The molecule has 0 unspecified atom stereocenters. The number of nitrogens with one attached hydrogen (secondary N) is 1. The molecule has 0 spiro atoms. The van der Waals surface area contributed by atoms with Crippen molar-refractivity contribution in [2.24, 2.45) is 0 Å². The van der Waals surface area contributed by atoms with E-state index >= 15 is 0 Å². The molecule has 7 nitrogen and oxygen atoms in total. The Morgan fingerprint density at radius 2 is 1.88 bits per heavy atom. The van der Waals surface area contributed by atoms with Gasteiger partial charge in [0.2, 0.25) is 0 Å². The first-order chi connectivity index (χ1) is 13.2. The minimum atomic E-state index is -3.00. The molecule has 0 saturated carbocycles. The van der Waals surface area contributed by atoms with Gasteiger partial charge in [0.05, 0.1) is 2.74 Å². The van der Waals surface area contributed by atoms with E-state index in [-0.39, 0.29) is 0 Å². The minimum Gasteiger partial charge on any atom is -0.505 e. The zero-order chi connectivity index (χ0) is 20.5. The van der Waals surface area contributed by atoms with Crippen LogP contribution in [0.3, 0.4) is 0 Å². The van der Waals surface area contributed by atoms with E-state index in [1.165, 1.54) is 0 Å². The number of carboxylic acid groups (broad SMARTS) is 1. The third-order valence-corrected chi connectivity index (χ3v) is 3.62. The SMILES string of the molecule is [2H]C([2H])(NC(=O)c1nc(C)c2cc(Oc3ccccc3)ccc2c1O)C(=O)O. The fourth-order valence-electron chi connectivity index (χ4n) is 2.45. The van der Waals surface area contributed by atoms with Gasteiger partial charge in [0, 0.05) is 16.5 Å². The number of aliphatic carboxylic acids is 1. The van der Waals surface area contributed by atoms with Crippen LogP contribution in [0.4, 0.5) is 0 Å². The molecule has 1 heterocycles. The molecular formula is C19H16N2O5. The molecule has 0 aliphatic heterocycles. The maximum atomic E-state index is 12.2. The van der Waals surface area contributed by atoms with Crippen molar-refractivity contribution in [1.29, 1.82) is 0 Å². The van der Waals surface area contributed by atoms with Crippen molar-refractivity contribution in [3.63, 3.8) is 0 Å². The lowest BCUT2D eigenvalue weighted by atomic mass is 10.1. The number of rotatable bonds is 5. The number of pyridine rings is 1. The van der Waals surface area contributed by atoms with Crippen molar-refractivity contribution in [3.05, 3.63) is 59.9 Å². The summed E-state index contributed by atoms with van der Waals surface area (Å²) in [6.45, 7) is -1.39. The molecule has 132 valence electrons. The molecule has 1 aromatic heterocycles. The highest BCUT2D eigenvalue weighted by Crippen LogP contribution is 2.33. The number of fused-ring (bicyclic) bond motifs is 1. The molecule has 0 aliphatic carbocycles. The first kappa shape index (κ1) is 14.7. The van der Waals surface area contributed by atoms with Crippen LogP contribution < -0.4 is 10.1 Å². The maximum Gasteiger partial charge on any atom is 0.322 e. The lowest BCUT2D eigenvalue weighted by molar-refractivity contribution is -0.135. The minimum absolute atomic E-state index is 0.300. The van der Waals surface area contributed by atoms with Crippen LogP contribution in [0, 0.1) is 6.92 Å². The van der Waals surface area contributed by atoms with Gasteiger partial charge in [-0.2, -0.15) is 0 Å². The van der Waals surface area contributed by atoms with Crippen LogP contribution in [0.2, 0.25) is 0 Å². The number of carbonyl (C=O) groups is 2. The molecule has 7 heteroatoms. The Labute approximate surface area is 151 Å². The van der Waals surface area contributed by atoms with Crippen LogP contribution in [-0.2, 0) is 4.79 Å². The molecule has 0 atom stereocenters. The van der Waals surface area contributed by atoms with E-state index in [4.69, 9.17) is 12.6 Å². The van der Waals surface area contributed by atoms with Crippen LogP contribution in [0.5, 0.6) is 17.2 Å². The van der Waals surface area contributed by atoms with E-state index in [1.807, 2.05) is 18.2 Å². The maximum absolute atomic E-state index is 12.2. The Morgan fingerprint density at radius 1 is 1.15 bits per heavy atom.